The fourth-order valence-corrected chi connectivity index (χ4v) is 1.36. The summed E-state index contributed by atoms with van der Waals surface area (Å²) in [5.74, 6) is 1.72. The van der Waals surface area contributed by atoms with Crippen LogP contribution >= 0.6 is 11.6 Å². The first-order valence-electron chi connectivity index (χ1n) is 4.99. The summed E-state index contributed by atoms with van der Waals surface area (Å²) >= 11 is 5.95. The SMILES string of the molecule is CNc1ncc(Cl)c(NCCc2ncon2)n1. The summed E-state index contributed by atoms with van der Waals surface area (Å²) < 4.78 is 4.63. The lowest BCUT2D eigenvalue weighted by Gasteiger charge is -2.07. The molecule has 17 heavy (non-hydrogen) atoms. The van der Waals surface area contributed by atoms with E-state index in [-0.39, 0.29) is 0 Å². The summed E-state index contributed by atoms with van der Waals surface area (Å²) in [6, 6.07) is 0. The molecule has 0 saturated heterocycles. The standard InChI is InChI=1S/C9H11ClN6O/c1-11-9-13-4-6(10)8(15-9)12-3-2-7-14-5-17-16-7/h4-5H,2-3H2,1H3,(H2,11,12,13,15). The summed E-state index contributed by atoms with van der Waals surface area (Å²) in [4.78, 5) is 12.1. The summed E-state index contributed by atoms with van der Waals surface area (Å²) in [6.07, 6.45) is 3.47. The topological polar surface area (TPSA) is 88.8 Å². The first-order valence-corrected chi connectivity index (χ1v) is 5.37. The fourth-order valence-electron chi connectivity index (χ4n) is 1.21. The third kappa shape index (κ3) is 3.04. The largest absolute Gasteiger partial charge is 0.368 e. The molecule has 0 unspecified atom stereocenters. The first-order chi connectivity index (χ1) is 8.29. The zero-order valence-corrected chi connectivity index (χ0v) is 9.90. The van der Waals surface area contributed by atoms with Crippen LogP contribution in [0.1, 0.15) is 5.82 Å². The lowest BCUT2D eigenvalue weighted by molar-refractivity contribution is 0.410. The summed E-state index contributed by atoms with van der Waals surface area (Å²) in [6.45, 7) is 0.611. The third-order valence-electron chi connectivity index (χ3n) is 2.02. The Morgan fingerprint density at radius 2 is 2.29 bits per heavy atom. The highest BCUT2D eigenvalue weighted by molar-refractivity contribution is 6.32. The molecule has 0 bridgehead atoms. The van der Waals surface area contributed by atoms with E-state index in [4.69, 9.17) is 11.6 Å². The second kappa shape index (κ2) is 5.44. The van der Waals surface area contributed by atoms with Gasteiger partial charge < -0.3 is 15.2 Å². The van der Waals surface area contributed by atoms with Crippen molar-refractivity contribution in [2.75, 3.05) is 24.2 Å². The van der Waals surface area contributed by atoms with Crippen LogP contribution in [0.2, 0.25) is 5.02 Å². The van der Waals surface area contributed by atoms with Crippen LogP contribution in [-0.4, -0.2) is 33.7 Å². The van der Waals surface area contributed by atoms with Crippen molar-refractivity contribution in [2.24, 2.45) is 0 Å². The third-order valence-corrected chi connectivity index (χ3v) is 2.29. The van der Waals surface area contributed by atoms with Crippen molar-refractivity contribution in [1.82, 2.24) is 20.1 Å². The van der Waals surface area contributed by atoms with Gasteiger partial charge in [0.15, 0.2) is 5.82 Å². The predicted molar refractivity (Wildman–Crippen MR) is 63.1 cm³/mol. The molecule has 7 nitrogen and oxygen atoms in total. The highest BCUT2D eigenvalue weighted by Gasteiger charge is 2.04. The highest BCUT2D eigenvalue weighted by atomic mass is 35.5. The van der Waals surface area contributed by atoms with Gasteiger partial charge >= 0.3 is 0 Å². The van der Waals surface area contributed by atoms with Gasteiger partial charge in [-0.2, -0.15) is 9.97 Å². The minimum Gasteiger partial charge on any atom is -0.368 e. The van der Waals surface area contributed by atoms with Gasteiger partial charge in [0.25, 0.3) is 0 Å². The van der Waals surface area contributed by atoms with E-state index in [1.807, 2.05) is 0 Å². The molecule has 2 N–H and O–H groups in total. The predicted octanol–water partition coefficient (Wildman–Crippen LogP) is 1.21. The Bertz CT molecular complexity index is 474. The van der Waals surface area contributed by atoms with Crippen LogP contribution in [0.25, 0.3) is 0 Å². The number of halogens is 1. The van der Waals surface area contributed by atoms with E-state index < -0.39 is 0 Å². The minimum absolute atomic E-state index is 0.470. The number of nitrogens with one attached hydrogen (secondary N) is 2. The van der Waals surface area contributed by atoms with E-state index in [9.17, 15) is 0 Å². The Morgan fingerprint density at radius 3 is 3.00 bits per heavy atom. The molecule has 8 heteroatoms. The summed E-state index contributed by atoms with van der Waals surface area (Å²) in [5, 5.41) is 10.1. The van der Waals surface area contributed by atoms with Gasteiger partial charge in [0.1, 0.15) is 10.8 Å². The van der Waals surface area contributed by atoms with Crippen LogP contribution in [0, 0.1) is 0 Å². The van der Waals surface area contributed by atoms with Gasteiger partial charge in [-0.15, -0.1) is 0 Å². The number of hydrogen-bond donors (Lipinski definition) is 2. The van der Waals surface area contributed by atoms with E-state index >= 15 is 0 Å². The van der Waals surface area contributed by atoms with Crippen molar-refractivity contribution in [2.45, 2.75) is 6.42 Å². The van der Waals surface area contributed by atoms with Crippen LogP contribution in [0.5, 0.6) is 0 Å². The van der Waals surface area contributed by atoms with Crippen molar-refractivity contribution in [1.29, 1.82) is 0 Å². The van der Waals surface area contributed by atoms with Gasteiger partial charge in [-0.3, -0.25) is 0 Å². The molecule has 90 valence electrons. The Kier molecular flexibility index (Phi) is 3.71. The molecular weight excluding hydrogens is 244 g/mol. The number of nitrogens with zero attached hydrogens (tertiary/aromatic N) is 4. The van der Waals surface area contributed by atoms with Crippen LogP contribution in [0.15, 0.2) is 17.1 Å². The lowest BCUT2D eigenvalue weighted by atomic mass is 10.4. The van der Waals surface area contributed by atoms with E-state index in [2.05, 4.69) is 35.3 Å². The van der Waals surface area contributed by atoms with Crippen molar-refractivity contribution >= 4 is 23.4 Å². The Labute approximate surface area is 103 Å². The van der Waals surface area contributed by atoms with Crippen molar-refractivity contribution < 1.29 is 4.52 Å². The zero-order valence-electron chi connectivity index (χ0n) is 9.14. The maximum Gasteiger partial charge on any atom is 0.224 e. The van der Waals surface area contributed by atoms with Gasteiger partial charge in [-0.05, 0) is 0 Å². The van der Waals surface area contributed by atoms with Crippen LogP contribution in [0.3, 0.4) is 0 Å². The molecule has 0 fully saturated rings. The molecule has 0 atom stereocenters. The molecule has 0 amide bonds. The highest BCUT2D eigenvalue weighted by Crippen LogP contribution is 2.18. The van der Waals surface area contributed by atoms with Crippen LogP contribution < -0.4 is 10.6 Å². The molecule has 0 spiro atoms. The van der Waals surface area contributed by atoms with Gasteiger partial charge in [-0.1, -0.05) is 16.8 Å². The van der Waals surface area contributed by atoms with Gasteiger partial charge in [0.05, 0.1) is 6.20 Å². The Balaban J connectivity index is 1.94. The number of hydrogen-bond acceptors (Lipinski definition) is 7. The van der Waals surface area contributed by atoms with Crippen LogP contribution in [-0.2, 0) is 6.42 Å². The first kappa shape index (κ1) is 11.6. The molecule has 0 aliphatic rings. The molecule has 2 rings (SSSR count). The maximum atomic E-state index is 5.95. The Hall–Kier alpha value is -1.89. The molecule has 0 aliphatic carbocycles. The zero-order chi connectivity index (χ0) is 12.1. The quantitative estimate of drug-likeness (QED) is 0.829. The molecule has 0 aliphatic heterocycles. The average molecular weight is 255 g/mol. The van der Waals surface area contributed by atoms with E-state index in [1.165, 1.54) is 12.6 Å². The molecule has 0 aromatic carbocycles. The van der Waals surface area contributed by atoms with Crippen LogP contribution in [0.4, 0.5) is 11.8 Å². The molecule has 0 saturated carbocycles. The van der Waals surface area contributed by atoms with E-state index in [1.54, 1.807) is 7.05 Å². The fraction of sp³-hybridized carbons (Fsp3) is 0.333. The summed E-state index contributed by atoms with van der Waals surface area (Å²) in [7, 11) is 1.74. The van der Waals surface area contributed by atoms with Crippen molar-refractivity contribution in [3.8, 4) is 0 Å². The molecule has 0 radical (unpaired) electrons. The van der Waals surface area contributed by atoms with Crippen molar-refractivity contribution in [3.63, 3.8) is 0 Å². The lowest BCUT2D eigenvalue weighted by Crippen LogP contribution is -2.09. The second-order valence-electron chi connectivity index (χ2n) is 3.16. The summed E-state index contributed by atoms with van der Waals surface area (Å²) in [5.41, 5.74) is 0. The number of anilines is 2. The monoisotopic (exact) mass is 254 g/mol. The average Bonchev–Trinajstić information content (AvgIpc) is 2.84. The van der Waals surface area contributed by atoms with Gasteiger partial charge in [0.2, 0.25) is 12.3 Å². The molecular formula is C9H11ClN6O. The van der Waals surface area contributed by atoms with Gasteiger partial charge in [0, 0.05) is 20.0 Å². The van der Waals surface area contributed by atoms with Crippen molar-refractivity contribution in [3.05, 3.63) is 23.4 Å². The molecule has 2 aromatic heterocycles. The Morgan fingerprint density at radius 1 is 1.41 bits per heavy atom. The molecule has 2 heterocycles. The maximum absolute atomic E-state index is 5.95. The molecule has 2 aromatic rings. The second-order valence-corrected chi connectivity index (χ2v) is 3.57. The van der Waals surface area contributed by atoms with E-state index in [0.717, 1.165) is 0 Å². The van der Waals surface area contributed by atoms with Gasteiger partial charge in [-0.25, -0.2) is 4.98 Å². The smallest absolute Gasteiger partial charge is 0.224 e. The number of aromatic nitrogens is 4. The minimum atomic E-state index is 0.470. The number of rotatable bonds is 5. The van der Waals surface area contributed by atoms with E-state index in [0.29, 0.717) is 35.6 Å². The normalized spacial score (nSPS) is 10.2.